The molecule has 0 radical (unpaired) electrons. The van der Waals surface area contributed by atoms with Gasteiger partial charge in [-0.25, -0.2) is 28.8 Å². The molecule has 2 aromatic rings. The topological polar surface area (TPSA) is 366 Å². The van der Waals surface area contributed by atoms with Crippen LogP contribution in [0.1, 0.15) is 433 Å². The Morgan fingerprint density at radius 3 is 0.808 bits per heavy atom. The molecular formula is C99H166O26. The van der Waals surface area contributed by atoms with Crippen LogP contribution in [0.3, 0.4) is 0 Å². The van der Waals surface area contributed by atoms with Crippen molar-refractivity contribution in [2.75, 3.05) is 54.4 Å². The minimum atomic E-state index is -1.10. The predicted molar refractivity (Wildman–Crippen MR) is 482 cm³/mol. The first-order valence-corrected chi connectivity index (χ1v) is 48.1. The summed E-state index contributed by atoms with van der Waals surface area (Å²) in [5.41, 5.74) is -1.30. The molecule has 0 aliphatic heterocycles. The molecule has 0 aliphatic rings. The highest BCUT2D eigenvalue weighted by Crippen LogP contribution is 2.29. The molecule has 0 saturated carbocycles. The maximum Gasteiger partial charge on any atom is 0.339 e. The van der Waals surface area contributed by atoms with E-state index in [-0.39, 0.29) is 116 Å². The second kappa shape index (κ2) is 72.2. The summed E-state index contributed by atoms with van der Waals surface area (Å²) in [7, 11) is 4.03. The Balaban J connectivity index is 2.56. The Bertz CT molecular complexity index is 3210. The molecule has 0 amide bonds. The van der Waals surface area contributed by atoms with Gasteiger partial charge in [-0.05, 0) is 159 Å². The number of esters is 9. The van der Waals surface area contributed by atoms with Crippen molar-refractivity contribution in [3.63, 3.8) is 0 Å². The average molecular weight is 1770 g/mol. The van der Waals surface area contributed by atoms with Crippen LogP contribution in [-0.2, 0) is 71.2 Å². The van der Waals surface area contributed by atoms with Crippen molar-refractivity contribution in [1.82, 2.24) is 0 Å². The molecule has 26 heteroatoms. The van der Waals surface area contributed by atoms with Gasteiger partial charge in [-0.15, -0.1) is 0 Å². The van der Waals surface area contributed by atoms with E-state index < -0.39 is 109 Å². The molecular weight excluding hydrogens is 1610 g/mol. The zero-order chi connectivity index (χ0) is 92.4. The number of aliphatic hydroxyl groups is 5. The molecule has 12 unspecified atom stereocenters. The second-order valence-electron chi connectivity index (χ2n) is 34.7. The lowest BCUT2D eigenvalue weighted by molar-refractivity contribution is -0.141. The number of aliphatic hydroxyl groups excluding tert-OH is 5. The van der Waals surface area contributed by atoms with Crippen LogP contribution in [-0.4, -0.2) is 207 Å². The van der Waals surface area contributed by atoms with E-state index in [1.54, 1.807) is 13.8 Å². The van der Waals surface area contributed by atoms with Crippen LogP contribution in [0.2, 0.25) is 0 Å². The third-order valence-corrected chi connectivity index (χ3v) is 22.6. The standard InChI is InChI=1S/C99H166O26/c1-13-17-21-25-42-54-87(83(101)50-38-30-29-37-49-72(5)6)122-94(108)76-61-63-79(81(65-76)98(112)124-89(56-44-27-23-19-15-3)85(103)52-40-32-35-47-59-92(106)115-11)96(110)120-74(8)68-117-70-78(119-67-73(7)100)71-118-69-75(9)121-97(111)80-64-62-77(95(109)123-88(55-43-26-22-18-14-2)84(102)51-39-31-34-46-58-91(105)114-10)66-82(80)99(113)125-90(57-45-28-24-20-16-4)86(104)53-41-33-36-48-60-93(107)116-12/h61-66,72-75,78,83-90,100-104H,13-60,67-71H2,1-12H3. The quantitative estimate of drug-likeness (QED) is 0.0233. The van der Waals surface area contributed by atoms with E-state index in [0.29, 0.717) is 121 Å². The van der Waals surface area contributed by atoms with E-state index in [1.165, 1.54) is 64.7 Å². The highest BCUT2D eigenvalue weighted by atomic mass is 16.6. The number of carbonyl (C=O) groups excluding carboxylic acids is 9. The van der Waals surface area contributed by atoms with Gasteiger partial charge < -0.3 is 82.4 Å². The molecule has 125 heavy (non-hydrogen) atoms. The van der Waals surface area contributed by atoms with E-state index in [9.17, 15) is 68.7 Å². The smallest absolute Gasteiger partial charge is 0.339 e. The normalized spacial score (nSPS) is 14.4. The lowest BCUT2D eigenvalue weighted by atomic mass is 9.98. The van der Waals surface area contributed by atoms with Crippen LogP contribution in [0.15, 0.2) is 36.4 Å². The Labute approximate surface area is 749 Å². The number of hydrogen-bond acceptors (Lipinski definition) is 26. The van der Waals surface area contributed by atoms with Gasteiger partial charge in [-0.1, -0.05) is 234 Å². The number of methoxy groups -OCH3 is 3. The summed E-state index contributed by atoms with van der Waals surface area (Å²) in [5, 5.41) is 57.0. The Morgan fingerprint density at radius 1 is 0.280 bits per heavy atom. The largest absolute Gasteiger partial charge is 0.469 e. The van der Waals surface area contributed by atoms with Crippen molar-refractivity contribution >= 4 is 53.7 Å². The summed E-state index contributed by atoms with van der Waals surface area (Å²) in [4.78, 5) is 123. The van der Waals surface area contributed by atoms with E-state index in [1.807, 2.05) is 0 Å². The molecule has 718 valence electrons. The van der Waals surface area contributed by atoms with Gasteiger partial charge in [-0.2, -0.15) is 0 Å². The molecule has 2 aromatic carbocycles. The van der Waals surface area contributed by atoms with Crippen molar-refractivity contribution < 1.29 is 126 Å². The zero-order valence-corrected chi connectivity index (χ0v) is 78.8. The minimum absolute atomic E-state index is 0.0683. The van der Waals surface area contributed by atoms with Gasteiger partial charge in [0.25, 0.3) is 0 Å². The summed E-state index contributed by atoms with van der Waals surface area (Å²) in [6.45, 7) is 16.6. The molecule has 5 N–H and O–H groups in total. The van der Waals surface area contributed by atoms with Gasteiger partial charge in [0.1, 0.15) is 42.7 Å². The molecule has 0 spiro atoms. The van der Waals surface area contributed by atoms with Crippen molar-refractivity contribution in [2.24, 2.45) is 5.92 Å². The third-order valence-electron chi connectivity index (χ3n) is 22.6. The fourth-order valence-corrected chi connectivity index (χ4v) is 14.9. The summed E-state index contributed by atoms with van der Waals surface area (Å²) >= 11 is 0. The van der Waals surface area contributed by atoms with Crippen molar-refractivity contribution in [3.05, 3.63) is 69.8 Å². The Hall–Kier alpha value is -6.65. The first-order chi connectivity index (χ1) is 60.2. The summed E-state index contributed by atoms with van der Waals surface area (Å²) < 4.78 is 69.0. The van der Waals surface area contributed by atoms with Gasteiger partial charge >= 0.3 is 53.7 Å². The van der Waals surface area contributed by atoms with Crippen LogP contribution in [0.4, 0.5) is 0 Å². The lowest BCUT2D eigenvalue weighted by Crippen LogP contribution is -2.33. The molecule has 0 aliphatic carbocycles. The monoisotopic (exact) mass is 1770 g/mol. The fourth-order valence-electron chi connectivity index (χ4n) is 14.9. The number of carbonyl (C=O) groups is 9. The maximum absolute atomic E-state index is 14.8. The highest BCUT2D eigenvalue weighted by molar-refractivity contribution is 6.06. The molecule has 12 atom stereocenters. The van der Waals surface area contributed by atoms with E-state index in [2.05, 4.69) is 41.5 Å². The summed E-state index contributed by atoms with van der Waals surface area (Å²) in [6.07, 6.45) is 22.9. The minimum Gasteiger partial charge on any atom is -0.469 e. The van der Waals surface area contributed by atoms with Crippen LogP contribution < -0.4 is 0 Å². The number of hydrogen-bond donors (Lipinski definition) is 5. The lowest BCUT2D eigenvalue weighted by Gasteiger charge is -2.25. The second-order valence-corrected chi connectivity index (χ2v) is 34.7. The van der Waals surface area contributed by atoms with Crippen LogP contribution in [0.25, 0.3) is 0 Å². The molecule has 0 aromatic heterocycles. The van der Waals surface area contributed by atoms with Gasteiger partial charge in [-0.3, -0.25) is 14.4 Å². The van der Waals surface area contributed by atoms with E-state index in [4.69, 9.17) is 56.8 Å². The summed E-state index contributed by atoms with van der Waals surface area (Å²) in [5.74, 6) is -5.85. The summed E-state index contributed by atoms with van der Waals surface area (Å²) in [6, 6.07) is 7.71. The fraction of sp³-hybridized carbons (Fsp3) is 0.788. The number of unbranched alkanes of at least 4 members (excludes halogenated alkanes) is 28. The van der Waals surface area contributed by atoms with Crippen molar-refractivity contribution in [3.8, 4) is 0 Å². The van der Waals surface area contributed by atoms with Crippen molar-refractivity contribution in [2.45, 2.75) is 444 Å². The van der Waals surface area contributed by atoms with Gasteiger partial charge in [0, 0.05) is 19.3 Å². The molecule has 26 nitrogen and oxygen atoms in total. The highest BCUT2D eigenvalue weighted by Gasteiger charge is 2.34. The maximum atomic E-state index is 14.8. The molecule has 0 bridgehead atoms. The van der Waals surface area contributed by atoms with E-state index >= 15 is 0 Å². The van der Waals surface area contributed by atoms with Gasteiger partial charge in [0.2, 0.25) is 0 Å². The van der Waals surface area contributed by atoms with Crippen LogP contribution >= 0.6 is 0 Å². The van der Waals surface area contributed by atoms with Gasteiger partial charge in [0.15, 0.2) is 0 Å². The number of benzene rings is 2. The van der Waals surface area contributed by atoms with E-state index in [0.717, 1.165) is 161 Å². The molecule has 0 heterocycles. The molecule has 0 fully saturated rings. The molecule has 0 saturated heterocycles. The Kier molecular flexibility index (Phi) is 66.1. The molecule has 2 rings (SSSR count). The number of rotatable bonds is 79. The average Bonchev–Trinajstić information content (AvgIpc) is 0.812. The Morgan fingerprint density at radius 2 is 0.536 bits per heavy atom. The predicted octanol–water partition coefficient (Wildman–Crippen LogP) is 19.8. The van der Waals surface area contributed by atoms with Crippen LogP contribution in [0, 0.1) is 5.92 Å². The first kappa shape index (κ1) is 114. The van der Waals surface area contributed by atoms with Gasteiger partial charge in [0.05, 0.1) is 118 Å². The first-order valence-electron chi connectivity index (χ1n) is 48.1. The third kappa shape index (κ3) is 53.8. The zero-order valence-electron chi connectivity index (χ0n) is 78.8. The number of ether oxygens (including phenoxy) is 12. The van der Waals surface area contributed by atoms with Crippen molar-refractivity contribution in [1.29, 1.82) is 0 Å². The van der Waals surface area contributed by atoms with Crippen LogP contribution in [0.5, 0.6) is 0 Å². The SMILES string of the molecule is CCCCCCCC(OC(=O)c1ccc(C(=O)OC(C)COCC(COCC(C)OC(=O)c2ccc(C(=O)OC(CCCCCCC)C(O)CCCCCCC(C)C)cc2C(=O)OC(CCCCCCC)C(O)CCCCCCC(=O)OC)OCC(C)O)c(C(=O)OC(CCCCCCC)C(O)CCCCCCC(=O)OC)c1)C(O)CCCCCCC(=O)OC.